The first-order valence-corrected chi connectivity index (χ1v) is 11.0. The van der Waals surface area contributed by atoms with Crippen LogP contribution in [0.1, 0.15) is 51.3 Å². The van der Waals surface area contributed by atoms with Crippen LogP contribution >= 0.6 is 11.3 Å². The maximum absolute atomic E-state index is 13.1. The van der Waals surface area contributed by atoms with Crippen molar-refractivity contribution in [1.82, 2.24) is 9.88 Å². The highest BCUT2D eigenvalue weighted by atomic mass is 32.1. The fraction of sp³-hybridized carbons (Fsp3) is 0.458. The molecule has 1 heterocycles. The van der Waals surface area contributed by atoms with Crippen molar-refractivity contribution in [3.05, 3.63) is 54.4 Å². The lowest BCUT2D eigenvalue weighted by atomic mass is 9.91. The van der Waals surface area contributed by atoms with E-state index in [0.717, 1.165) is 16.7 Å². The third-order valence-electron chi connectivity index (χ3n) is 4.66. The molecule has 2 aromatic rings. The molecule has 6 heteroatoms. The molecule has 0 fully saturated rings. The van der Waals surface area contributed by atoms with E-state index in [9.17, 15) is 14.4 Å². The number of rotatable bonds is 6. The van der Waals surface area contributed by atoms with Crippen LogP contribution in [0.15, 0.2) is 23.0 Å². The Labute approximate surface area is 182 Å². The van der Waals surface area contributed by atoms with Gasteiger partial charge in [-0.2, -0.15) is 0 Å². The molecule has 0 bridgehead atoms. The molecule has 0 spiro atoms. The second-order valence-electron chi connectivity index (χ2n) is 9.16. The zero-order valence-electron chi connectivity index (χ0n) is 19.0. The van der Waals surface area contributed by atoms with Gasteiger partial charge in [-0.25, -0.2) is 0 Å². The van der Waals surface area contributed by atoms with Gasteiger partial charge in [0.15, 0.2) is 5.78 Å². The number of amides is 1. The molecule has 0 saturated carbocycles. The van der Waals surface area contributed by atoms with Crippen molar-refractivity contribution < 1.29 is 9.59 Å². The molecular weight excluding hydrogens is 396 g/mol. The normalized spacial score (nSPS) is 13.2. The van der Waals surface area contributed by atoms with Crippen LogP contribution < -0.4 is 20.1 Å². The number of thiazole rings is 1. The number of nitrogens with one attached hydrogen (secondary N) is 1. The summed E-state index contributed by atoms with van der Waals surface area (Å²) in [5, 5.41) is 2.84. The standard InChI is InChI=1S/C24H32N2O3S/c1-15(2)13-25-21(28)14-26-22(12-20(27)24(5,6)7)30-19(23(26)29)11-18-10-16(3)8-9-17(18)4/h8-12,15H,13-14H2,1-7H3,(H,25,28)/b19-11+,22-12-. The summed E-state index contributed by atoms with van der Waals surface area (Å²) >= 11 is 1.24. The van der Waals surface area contributed by atoms with E-state index in [-0.39, 0.29) is 23.8 Å². The number of Topliss-reactive ketones (excluding diaryl/α,β-unsaturated/α-hetero) is 1. The molecule has 0 aliphatic carbocycles. The van der Waals surface area contributed by atoms with Gasteiger partial charge in [-0.05, 0) is 37.0 Å². The number of carbonyl (C=O) groups is 2. The molecule has 1 aromatic carbocycles. The predicted octanol–water partition coefficient (Wildman–Crippen LogP) is 2.52. The van der Waals surface area contributed by atoms with Gasteiger partial charge in [0.2, 0.25) is 5.91 Å². The van der Waals surface area contributed by atoms with Crippen LogP contribution in [0.4, 0.5) is 0 Å². The van der Waals surface area contributed by atoms with E-state index >= 15 is 0 Å². The first-order valence-electron chi connectivity index (χ1n) is 10.2. The van der Waals surface area contributed by atoms with Crippen LogP contribution in [0.3, 0.4) is 0 Å². The Morgan fingerprint density at radius 3 is 2.47 bits per heavy atom. The van der Waals surface area contributed by atoms with E-state index in [4.69, 9.17) is 0 Å². The summed E-state index contributed by atoms with van der Waals surface area (Å²) in [5.74, 6) is -0.00652. The molecule has 2 rings (SSSR count). The SMILES string of the molecule is Cc1ccc(C)c(/C=c2/s/c(=C\C(=O)C(C)(C)C)n(CC(=O)NCC(C)C)c2=O)c1. The van der Waals surface area contributed by atoms with E-state index in [1.54, 1.807) is 0 Å². The van der Waals surface area contributed by atoms with Gasteiger partial charge in [0, 0.05) is 18.0 Å². The number of hydrogen-bond acceptors (Lipinski definition) is 4. The monoisotopic (exact) mass is 428 g/mol. The summed E-state index contributed by atoms with van der Waals surface area (Å²) in [5.41, 5.74) is 2.30. The summed E-state index contributed by atoms with van der Waals surface area (Å²) in [6.07, 6.45) is 3.33. The molecule has 0 radical (unpaired) electrons. The molecule has 0 saturated heterocycles. The summed E-state index contributed by atoms with van der Waals surface area (Å²) in [6.45, 7) is 14.0. The van der Waals surface area contributed by atoms with Gasteiger partial charge in [0.05, 0.1) is 4.53 Å². The highest BCUT2D eigenvalue weighted by Gasteiger charge is 2.20. The second kappa shape index (κ2) is 9.56. The lowest BCUT2D eigenvalue weighted by Gasteiger charge is -2.13. The number of aromatic nitrogens is 1. The maximum atomic E-state index is 13.1. The topological polar surface area (TPSA) is 68.2 Å². The van der Waals surface area contributed by atoms with E-state index in [2.05, 4.69) is 5.32 Å². The molecular formula is C24H32N2O3S. The van der Waals surface area contributed by atoms with Gasteiger partial charge in [-0.15, -0.1) is 11.3 Å². The van der Waals surface area contributed by atoms with Crippen molar-refractivity contribution in [2.24, 2.45) is 11.3 Å². The third kappa shape index (κ3) is 6.26. The van der Waals surface area contributed by atoms with Crippen LogP contribution in [0.5, 0.6) is 0 Å². The summed E-state index contributed by atoms with van der Waals surface area (Å²) in [7, 11) is 0. The fourth-order valence-corrected chi connectivity index (χ4v) is 3.73. The number of carbonyl (C=O) groups excluding carboxylic acids is 2. The van der Waals surface area contributed by atoms with Gasteiger partial charge in [-0.3, -0.25) is 19.0 Å². The average Bonchev–Trinajstić information content (AvgIpc) is 2.91. The third-order valence-corrected chi connectivity index (χ3v) is 5.72. The molecule has 162 valence electrons. The number of benzene rings is 1. The predicted molar refractivity (Wildman–Crippen MR) is 124 cm³/mol. The van der Waals surface area contributed by atoms with E-state index in [0.29, 0.717) is 21.7 Å². The minimum Gasteiger partial charge on any atom is -0.354 e. The Balaban J connectivity index is 2.61. The van der Waals surface area contributed by atoms with E-state index < -0.39 is 5.41 Å². The first-order chi connectivity index (χ1) is 13.9. The number of ketones is 1. The van der Waals surface area contributed by atoms with Gasteiger partial charge >= 0.3 is 0 Å². The Hall–Kier alpha value is -2.47. The summed E-state index contributed by atoms with van der Waals surface area (Å²) in [6, 6.07) is 6.07. The zero-order valence-corrected chi connectivity index (χ0v) is 19.8. The number of nitrogens with zero attached hydrogens (tertiary/aromatic N) is 1. The Morgan fingerprint density at radius 1 is 1.20 bits per heavy atom. The maximum Gasteiger partial charge on any atom is 0.269 e. The minimum absolute atomic E-state index is 0.0848. The van der Waals surface area contributed by atoms with Crippen molar-refractivity contribution in [1.29, 1.82) is 0 Å². The Bertz CT molecular complexity index is 1110. The zero-order chi connectivity index (χ0) is 22.6. The smallest absolute Gasteiger partial charge is 0.269 e. The quantitative estimate of drug-likeness (QED) is 0.769. The van der Waals surface area contributed by atoms with Crippen LogP contribution in [-0.2, 0) is 16.1 Å². The first kappa shape index (κ1) is 23.8. The summed E-state index contributed by atoms with van der Waals surface area (Å²) < 4.78 is 2.41. The lowest BCUT2D eigenvalue weighted by molar-refractivity contribution is -0.122. The molecule has 0 atom stereocenters. The molecule has 5 nitrogen and oxygen atoms in total. The number of hydrogen-bond donors (Lipinski definition) is 1. The number of aryl methyl sites for hydroxylation is 2. The van der Waals surface area contributed by atoms with Gasteiger partial charge in [0.1, 0.15) is 11.2 Å². The second-order valence-corrected chi connectivity index (χ2v) is 10.2. The molecule has 0 aliphatic rings. The Morgan fingerprint density at radius 2 is 1.87 bits per heavy atom. The fourth-order valence-electron chi connectivity index (χ4n) is 2.70. The van der Waals surface area contributed by atoms with Crippen LogP contribution in [-0.4, -0.2) is 22.8 Å². The van der Waals surface area contributed by atoms with Crippen molar-refractivity contribution in [3.8, 4) is 0 Å². The minimum atomic E-state index is -0.568. The lowest BCUT2D eigenvalue weighted by Crippen LogP contribution is -2.39. The van der Waals surface area contributed by atoms with E-state index in [1.165, 1.54) is 22.0 Å². The summed E-state index contributed by atoms with van der Waals surface area (Å²) in [4.78, 5) is 38.1. The van der Waals surface area contributed by atoms with E-state index in [1.807, 2.05) is 72.7 Å². The Kier molecular flexibility index (Phi) is 7.59. The molecule has 1 amide bonds. The molecule has 1 N–H and O–H groups in total. The van der Waals surface area contributed by atoms with Gasteiger partial charge in [0.25, 0.3) is 5.56 Å². The highest BCUT2D eigenvalue weighted by molar-refractivity contribution is 7.07. The van der Waals surface area contributed by atoms with Crippen molar-refractivity contribution in [2.45, 2.75) is 55.0 Å². The van der Waals surface area contributed by atoms with Crippen molar-refractivity contribution in [3.63, 3.8) is 0 Å². The van der Waals surface area contributed by atoms with Crippen molar-refractivity contribution >= 4 is 35.2 Å². The van der Waals surface area contributed by atoms with Crippen LogP contribution in [0.25, 0.3) is 12.2 Å². The van der Waals surface area contributed by atoms with Crippen molar-refractivity contribution in [2.75, 3.05) is 6.54 Å². The van der Waals surface area contributed by atoms with Crippen LogP contribution in [0, 0.1) is 25.2 Å². The molecule has 1 aromatic heterocycles. The molecule has 30 heavy (non-hydrogen) atoms. The average molecular weight is 429 g/mol. The molecule has 0 unspecified atom stereocenters. The van der Waals surface area contributed by atoms with Gasteiger partial charge in [-0.1, -0.05) is 58.4 Å². The van der Waals surface area contributed by atoms with Gasteiger partial charge < -0.3 is 5.32 Å². The highest BCUT2D eigenvalue weighted by Crippen LogP contribution is 2.15. The van der Waals surface area contributed by atoms with Crippen LogP contribution in [0.2, 0.25) is 0 Å². The largest absolute Gasteiger partial charge is 0.354 e. The molecule has 0 aliphatic heterocycles.